The van der Waals surface area contributed by atoms with E-state index in [2.05, 4.69) is 0 Å². The Morgan fingerprint density at radius 1 is 1.32 bits per heavy atom. The van der Waals surface area contributed by atoms with E-state index in [1.165, 1.54) is 11.3 Å². The first-order valence-electron chi connectivity index (χ1n) is 8.00. The fourth-order valence-corrected chi connectivity index (χ4v) is 3.83. The van der Waals surface area contributed by atoms with Gasteiger partial charge in [0.25, 0.3) is 5.91 Å². The molecular formula is C18H20N2O4S. The first kappa shape index (κ1) is 17.6. The van der Waals surface area contributed by atoms with E-state index in [-0.39, 0.29) is 6.10 Å². The van der Waals surface area contributed by atoms with Gasteiger partial charge in [-0.05, 0) is 31.0 Å². The lowest BCUT2D eigenvalue weighted by Gasteiger charge is -2.29. The van der Waals surface area contributed by atoms with Crippen LogP contribution in [0.3, 0.4) is 0 Å². The summed E-state index contributed by atoms with van der Waals surface area (Å²) in [5.74, 6) is -1.45. The van der Waals surface area contributed by atoms with Gasteiger partial charge in [-0.3, -0.25) is 9.69 Å². The first-order valence-corrected chi connectivity index (χ1v) is 8.81. The van der Waals surface area contributed by atoms with Gasteiger partial charge in [0, 0.05) is 18.0 Å². The third kappa shape index (κ3) is 3.58. The molecule has 1 saturated heterocycles. The molecule has 1 aromatic carbocycles. The number of benzene rings is 1. The number of primary amides is 1. The summed E-state index contributed by atoms with van der Waals surface area (Å²) in [6, 6.07) is 13.2. The van der Waals surface area contributed by atoms with Crippen molar-refractivity contribution < 1.29 is 19.4 Å². The number of aliphatic carboxylic acids is 1. The molecule has 3 rings (SSSR count). The summed E-state index contributed by atoms with van der Waals surface area (Å²) in [5, 5.41) is 9.66. The Balaban J connectivity index is 1.73. The molecule has 2 aromatic rings. The number of hydrogen-bond acceptors (Lipinski definition) is 5. The minimum atomic E-state index is -1.37. The number of ether oxygens (including phenoxy) is 1. The predicted octanol–water partition coefficient (Wildman–Crippen LogP) is 2.26. The lowest BCUT2D eigenvalue weighted by Crippen LogP contribution is -2.49. The Labute approximate surface area is 149 Å². The number of carboxylic acid groups (broad SMARTS) is 1. The number of thiophene rings is 1. The normalized spacial score (nSPS) is 23.6. The van der Waals surface area contributed by atoms with Crippen LogP contribution in [0.1, 0.15) is 33.1 Å². The zero-order valence-corrected chi connectivity index (χ0v) is 14.7. The second-order valence-electron chi connectivity index (χ2n) is 6.13. The van der Waals surface area contributed by atoms with Crippen molar-refractivity contribution in [1.82, 2.24) is 4.90 Å². The molecule has 1 unspecified atom stereocenters. The number of carbonyl (C=O) groups is 2. The maximum absolute atomic E-state index is 11.8. The summed E-state index contributed by atoms with van der Waals surface area (Å²) in [4.78, 5) is 26.3. The highest BCUT2D eigenvalue weighted by atomic mass is 32.1. The second-order valence-corrected chi connectivity index (χ2v) is 7.30. The molecule has 1 aliphatic rings. The molecule has 132 valence electrons. The van der Waals surface area contributed by atoms with Crippen LogP contribution in [0.25, 0.3) is 0 Å². The molecule has 0 aliphatic carbocycles. The van der Waals surface area contributed by atoms with Crippen LogP contribution in [-0.2, 0) is 16.0 Å². The molecule has 2 atom stereocenters. The zero-order valence-electron chi connectivity index (χ0n) is 13.8. The van der Waals surface area contributed by atoms with Gasteiger partial charge in [-0.25, -0.2) is 4.79 Å². The molecule has 25 heavy (non-hydrogen) atoms. The number of nitrogens with two attached hydrogens (primary N) is 1. The average Bonchev–Trinajstić information content (AvgIpc) is 3.19. The van der Waals surface area contributed by atoms with E-state index in [0.717, 1.165) is 10.4 Å². The zero-order chi connectivity index (χ0) is 18.0. The lowest BCUT2D eigenvalue weighted by molar-refractivity contribution is -0.177. The third-order valence-electron chi connectivity index (χ3n) is 4.46. The Morgan fingerprint density at radius 2 is 2.04 bits per heavy atom. The van der Waals surface area contributed by atoms with E-state index >= 15 is 0 Å². The molecule has 1 fully saturated rings. The minimum absolute atomic E-state index is 0.285. The molecule has 0 spiro atoms. The first-order chi connectivity index (χ1) is 11.9. The number of rotatable bonds is 6. The SMILES string of the molecule is CC1(C(=O)O)O[C@H](c2ccccc2)CN1CCc1ccc(C(N)=O)s1. The van der Waals surface area contributed by atoms with Crippen molar-refractivity contribution in [2.24, 2.45) is 5.73 Å². The van der Waals surface area contributed by atoms with Gasteiger partial charge in [0.15, 0.2) is 0 Å². The molecule has 7 heteroatoms. The number of hydrogen-bond donors (Lipinski definition) is 2. The van der Waals surface area contributed by atoms with Crippen LogP contribution in [-0.4, -0.2) is 40.7 Å². The second kappa shape index (κ2) is 6.95. The molecular weight excluding hydrogens is 340 g/mol. The summed E-state index contributed by atoms with van der Waals surface area (Å²) in [6.07, 6.45) is 0.345. The third-order valence-corrected chi connectivity index (χ3v) is 5.62. The van der Waals surface area contributed by atoms with Crippen LogP contribution >= 0.6 is 11.3 Å². The van der Waals surface area contributed by atoms with Crippen LogP contribution in [0.5, 0.6) is 0 Å². The highest BCUT2D eigenvalue weighted by Gasteiger charge is 2.49. The van der Waals surface area contributed by atoms with Gasteiger partial charge in [0.05, 0.1) is 11.0 Å². The van der Waals surface area contributed by atoms with Crippen molar-refractivity contribution in [3.8, 4) is 0 Å². The minimum Gasteiger partial charge on any atom is -0.478 e. The molecule has 1 aliphatic heterocycles. The maximum atomic E-state index is 11.8. The van der Waals surface area contributed by atoms with Gasteiger partial charge in [-0.15, -0.1) is 11.3 Å². The van der Waals surface area contributed by atoms with Crippen molar-refractivity contribution >= 4 is 23.2 Å². The van der Waals surface area contributed by atoms with Crippen LogP contribution in [0.2, 0.25) is 0 Å². The van der Waals surface area contributed by atoms with Crippen LogP contribution < -0.4 is 5.73 Å². The van der Waals surface area contributed by atoms with Gasteiger partial charge in [0.1, 0.15) is 0 Å². The molecule has 1 aromatic heterocycles. The van der Waals surface area contributed by atoms with E-state index in [4.69, 9.17) is 10.5 Å². The highest BCUT2D eigenvalue weighted by Crippen LogP contribution is 2.36. The van der Waals surface area contributed by atoms with E-state index in [9.17, 15) is 14.7 Å². The van der Waals surface area contributed by atoms with Crippen molar-refractivity contribution in [3.63, 3.8) is 0 Å². The summed E-state index contributed by atoms with van der Waals surface area (Å²) in [7, 11) is 0. The molecule has 0 bridgehead atoms. The summed E-state index contributed by atoms with van der Waals surface area (Å²) in [6.45, 7) is 2.60. The van der Waals surface area contributed by atoms with Gasteiger partial charge in [-0.2, -0.15) is 0 Å². The smallest absolute Gasteiger partial charge is 0.351 e. The summed E-state index contributed by atoms with van der Waals surface area (Å²) < 4.78 is 5.90. The fourth-order valence-electron chi connectivity index (χ4n) is 2.98. The molecule has 2 heterocycles. The highest BCUT2D eigenvalue weighted by molar-refractivity contribution is 7.14. The lowest BCUT2D eigenvalue weighted by atomic mass is 10.1. The predicted molar refractivity (Wildman–Crippen MR) is 94.4 cm³/mol. The van der Waals surface area contributed by atoms with Crippen LogP contribution in [0, 0.1) is 0 Å². The Kier molecular flexibility index (Phi) is 4.89. The van der Waals surface area contributed by atoms with Crippen molar-refractivity contribution in [3.05, 3.63) is 57.8 Å². The molecule has 0 saturated carbocycles. The number of amides is 1. The fraction of sp³-hybridized carbons (Fsp3) is 0.333. The molecule has 3 N–H and O–H groups in total. The summed E-state index contributed by atoms with van der Waals surface area (Å²) in [5.41, 5.74) is 4.87. The largest absolute Gasteiger partial charge is 0.478 e. The van der Waals surface area contributed by atoms with E-state index in [1.54, 1.807) is 13.0 Å². The maximum Gasteiger partial charge on any atom is 0.351 e. The number of nitrogens with zero attached hydrogens (tertiary/aromatic N) is 1. The van der Waals surface area contributed by atoms with Gasteiger partial charge < -0.3 is 15.6 Å². The van der Waals surface area contributed by atoms with Gasteiger partial charge in [0.2, 0.25) is 5.72 Å². The molecule has 1 amide bonds. The van der Waals surface area contributed by atoms with Gasteiger partial charge >= 0.3 is 5.97 Å². The van der Waals surface area contributed by atoms with Crippen LogP contribution in [0.15, 0.2) is 42.5 Å². The van der Waals surface area contributed by atoms with E-state index in [1.807, 2.05) is 41.3 Å². The summed E-state index contributed by atoms with van der Waals surface area (Å²) >= 11 is 1.34. The van der Waals surface area contributed by atoms with Crippen molar-refractivity contribution in [2.75, 3.05) is 13.1 Å². The topological polar surface area (TPSA) is 92.9 Å². The average molecular weight is 360 g/mol. The Hall–Kier alpha value is -2.22. The van der Waals surface area contributed by atoms with Crippen LogP contribution in [0.4, 0.5) is 0 Å². The molecule has 6 nitrogen and oxygen atoms in total. The number of carbonyl (C=O) groups excluding carboxylic acids is 1. The quantitative estimate of drug-likeness (QED) is 0.824. The Morgan fingerprint density at radius 3 is 2.64 bits per heavy atom. The van der Waals surface area contributed by atoms with E-state index < -0.39 is 17.6 Å². The van der Waals surface area contributed by atoms with Crippen molar-refractivity contribution in [1.29, 1.82) is 0 Å². The van der Waals surface area contributed by atoms with E-state index in [0.29, 0.717) is 24.4 Å². The number of carboxylic acids is 1. The monoisotopic (exact) mass is 360 g/mol. The van der Waals surface area contributed by atoms with Gasteiger partial charge in [-0.1, -0.05) is 30.3 Å². The van der Waals surface area contributed by atoms with Crippen molar-refractivity contribution in [2.45, 2.75) is 25.2 Å². The standard InChI is InChI=1S/C18H20N2O4S/c1-18(17(22)23)20(10-9-13-7-8-15(25-13)16(19)21)11-14(24-18)12-5-3-2-4-6-12/h2-8,14H,9-11H2,1H3,(H2,19,21)(H,22,23)/t14-,18?/m0/s1. The Bertz CT molecular complexity index is 776. The molecule has 0 radical (unpaired) electrons.